The summed E-state index contributed by atoms with van der Waals surface area (Å²) >= 11 is 1.16. The van der Waals surface area contributed by atoms with Gasteiger partial charge in [-0.15, -0.1) is 11.3 Å². The average Bonchev–Trinajstić information content (AvgIpc) is 3.02. The Bertz CT molecular complexity index is 1250. The van der Waals surface area contributed by atoms with Crippen molar-refractivity contribution < 1.29 is 35.9 Å². The van der Waals surface area contributed by atoms with E-state index in [9.17, 15) is 30.8 Å². The molecule has 3 aromatic rings. The van der Waals surface area contributed by atoms with E-state index in [1.165, 1.54) is 0 Å². The van der Waals surface area contributed by atoms with Crippen molar-refractivity contribution in [2.75, 3.05) is 10.1 Å². The van der Waals surface area contributed by atoms with Gasteiger partial charge in [0.2, 0.25) is 10.0 Å². The maximum atomic E-state index is 13.7. The number of rotatable bonds is 8. The normalized spacial score (nSPS) is 12.3. The maximum Gasteiger partial charge on any atom is 0.419 e. The van der Waals surface area contributed by atoms with Crippen LogP contribution in [0.5, 0.6) is 0 Å². The Morgan fingerprint density at radius 3 is 2.47 bits per heavy atom. The van der Waals surface area contributed by atoms with E-state index in [-0.39, 0.29) is 18.4 Å². The molecule has 0 aliphatic carbocycles. The lowest BCUT2D eigenvalue weighted by Gasteiger charge is -2.24. The number of sulfonamides is 1. The molecule has 1 N–H and O–H groups in total. The molecule has 0 fully saturated rings. The molecule has 0 radical (unpaired) electrons. The first-order chi connectivity index (χ1) is 14.9. The Hall–Kier alpha value is -2.66. The van der Waals surface area contributed by atoms with Crippen LogP contribution in [0.25, 0.3) is 10.1 Å². The molecule has 0 atom stereocenters. The molecule has 0 spiro atoms. The number of alkyl halides is 3. The van der Waals surface area contributed by atoms with Gasteiger partial charge in [0, 0.05) is 11.1 Å². The van der Waals surface area contributed by atoms with Gasteiger partial charge in [-0.3, -0.25) is 9.10 Å². The number of hydrogen-bond donors (Lipinski definition) is 1. The number of anilines is 1. The van der Waals surface area contributed by atoms with Crippen LogP contribution in [0.1, 0.15) is 29.5 Å². The molecule has 0 unspecified atom stereocenters. The monoisotopic (exact) mass is 489 g/mol. The Kier molecular flexibility index (Phi) is 6.80. The molecular weight excluding hydrogens is 470 g/mol. The Labute approximate surface area is 186 Å². The highest BCUT2D eigenvalue weighted by atomic mass is 32.2. The van der Waals surface area contributed by atoms with Gasteiger partial charge in [-0.1, -0.05) is 24.3 Å². The third-order valence-corrected chi connectivity index (χ3v) is 8.04. The molecule has 2 aromatic carbocycles. The summed E-state index contributed by atoms with van der Waals surface area (Å²) in [7, 11) is -4.09. The minimum absolute atomic E-state index is 0.0441. The highest BCUT2D eigenvalue weighted by molar-refractivity contribution is 7.93. The van der Waals surface area contributed by atoms with Gasteiger partial charge in [0.25, 0.3) is 0 Å². The van der Waals surface area contributed by atoms with Crippen molar-refractivity contribution in [2.24, 2.45) is 0 Å². The smallest absolute Gasteiger partial charge is 0.419 e. The summed E-state index contributed by atoms with van der Waals surface area (Å²) < 4.78 is 81.2. The Morgan fingerprint density at radius 2 is 1.84 bits per heavy atom. The zero-order chi connectivity index (χ0) is 23.7. The molecule has 0 saturated carbocycles. The van der Waals surface area contributed by atoms with Crippen molar-refractivity contribution in [3.8, 4) is 0 Å². The zero-order valence-electron chi connectivity index (χ0n) is 16.8. The maximum absolute atomic E-state index is 13.7. The molecule has 0 amide bonds. The summed E-state index contributed by atoms with van der Waals surface area (Å²) in [6.45, 7) is 1.26. The highest BCUT2D eigenvalue weighted by Gasteiger charge is 2.35. The van der Waals surface area contributed by atoms with E-state index in [2.05, 4.69) is 0 Å². The molecule has 1 heterocycles. The van der Waals surface area contributed by atoms with Crippen molar-refractivity contribution in [1.82, 2.24) is 0 Å². The molecule has 5 nitrogen and oxygen atoms in total. The first-order valence-electron chi connectivity index (χ1n) is 9.46. The van der Waals surface area contributed by atoms with E-state index in [4.69, 9.17) is 5.11 Å². The van der Waals surface area contributed by atoms with Crippen molar-refractivity contribution in [1.29, 1.82) is 0 Å². The fraction of sp³-hybridized carbons (Fsp3) is 0.286. The van der Waals surface area contributed by atoms with Gasteiger partial charge in [-0.25, -0.2) is 12.8 Å². The van der Waals surface area contributed by atoms with Crippen molar-refractivity contribution >= 4 is 42.4 Å². The lowest BCUT2D eigenvalue weighted by atomic mass is 10.1. The van der Waals surface area contributed by atoms with Gasteiger partial charge in [-0.05, 0) is 48.1 Å². The number of nitrogens with zero attached hydrogens (tertiary/aromatic N) is 1. The summed E-state index contributed by atoms with van der Waals surface area (Å²) in [4.78, 5) is 10.8. The minimum Gasteiger partial charge on any atom is -0.481 e. The summed E-state index contributed by atoms with van der Waals surface area (Å²) in [5, 5.41) is 9.94. The van der Waals surface area contributed by atoms with Gasteiger partial charge in [0.05, 0.1) is 17.9 Å². The first-order valence-corrected chi connectivity index (χ1v) is 11.9. The lowest BCUT2D eigenvalue weighted by molar-refractivity contribution is -0.140. The highest BCUT2D eigenvalue weighted by Crippen LogP contribution is 2.40. The van der Waals surface area contributed by atoms with Gasteiger partial charge in [0.15, 0.2) is 0 Å². The third kappa shape index (κ3) is 5.21. The number of aryl methyl sites for hydroxylation is 1. The van der Waals surface area contributed by atoms with E-state index < -0.39 is 45.8 Å². The topological polar surface area (TPSA) is 74.7 Å². The average molecular weight is 490 g/mol. The van der Waals surface area contributed by atoms with E-state index in [1.807, 2.05) is 0 Å². The van der Waals surface area contributed by atoms with Crippen LogP contribution >= 0.6 is 11.3 Å². The van der Waals surface area contributed by atoms with Crippen LogP contribution in [0.4, 0.5) is 22.6 Å². The lowest BCUT2D eigenvalue weighted by Crippen LogP contribution is -2.32. The van der Waals surface area contributed by atoms with Crippen molar-refractivity contribution in [2.45, 2.75) is 32.5 Å². The molecule has 172 valence electrons. The Balaban J connectivity index is 2.07. The van der Waals surface area contributed by atoms with Crippen LogP contribution in [0.3, 0.4) is 0 Å². The fourth-order valence-corrected chi connectivity index (χ4v) is 6.30. The fourth-order valence-electron chi connectivity index (χ4n) is 3.27. The number of carbonyl (C=O) groups is 1. The van der Waals surface area contributed by atoms with Crippen LogP contribution in [0, 0.1) is 12.7 Å². The first kappa shape index (κ1) is 24.0. The van der Waals surface area contributed by atoms with E-state index in [0.29, 0.717) is 22.7 Å². The number of benzene rings is 2. The molecule has 0 aliphatic rings. The molecule has 0 aliphatic heterocycles. The third-order valence-electron chi connectivity index (χ3n) is 4.84. The number of carboxylic acids is 1. The zero-order valence-corrected chi connectivity index (χ0v) is 18.5. The number of hydrogen-bond acceptors (Lipinski definition) is 4. The van der Waals surface area contributed by atoms with Crippen LogP contribution in [-0.2, 0) is 27.5 Å². The Morgan fingerprint density at radius 1 is 1.16 bits per heavy atom. The van der Waals surface area contributed by atoms with Crippen LogP contribution in [0.15, 0.2) is 42.5 Å². The summed E-state index contributed by atoms with van der Waals surface area (Å²) in [5.41, 5.74) is -0.894. The summed E-state index contributed by atoms with van der Waals surface area (Å²) in [5.74, 6) is -3.10. The van der Waals surface area contributed by atoms with Crippen LogP contribution in [0.2, 0.25) is 0 Å². The predicted octanol–water partition coefficient (Wildman–Crippen LogP) is 5.57. The van der Waals surface area contributed by atoms with Gasteiger partial charge >= 0.3 is 12.1 Å². The molecule has 0 bridgehead atoms. The van der Waals surface area contributed by atoms with Crippen LogP contribution < -0.4 is 4.31 Å². The second-order valence-corrected chi connectivity index (χ2v) is 10.2. The second-order valence-electron chi connectivity index (χ2n) is 7.16. The number of aliphatic carboxylic acids is 1. The molecular formula is C21H19F4NO4S2. The molecule has 32 heavy (non-hydrogen) atoms. The van der Waals surface area contributed by atoms with E-state index in [0.717, 1.165) is 31.8 Å². The van der Waals surface area contributed by atoms with Crippen molar-refractivity contribution in [3.05, 3.63) is 65.0 Å². The SMILES string of the molecule is Cc1c(N(Cc2ccc(F)c(C(F)(F)F)c2)S(=O)(=O)CCCC(=O)O)sc2ccccc12. The van der Waals surface area contributed by atoms with E-state index in [1.54, 1.807) is 31.2 Å². The number of fused-ring (bicyclic) bond motifs is 1. The van der Waals surface area contributed by atoms with Crippen molar-refractivity contribution in [3.63, 3.8) is 0 Å². The number of thiophene rings is 1. The number of halogens is 4. The van der Waals surface area contributed by atoms with Gasteiger partial charge in [-0.2, -0.15) is 13.2 Å². The molecule has 1 aromatic heterocycles. The van der Waals surface area contributed by atoms with Gasteiger partial charge < -0.3 is 5.11 Å². The predicted molar refractivity (Wildman–Crippen MR) is 115 cm³/mol. The molecule has 11 heteroatoms. The molecule has 0 saturated heterocycles. The quantitative estimate of drug-likeness (QED) is 0.420. The largest absolute Gasteiger partial charge is 0.481 e. The number of carboxylic acid groups (broad SMARTS) is 1. The van der Waals surface area contributed by atoms with Gasteiger partial charge in [0.1, 0.15) is 10.8 Å². The minimum atomic E-state index is -4.93. The van der Waals surface area contributed by atoms with E-state index >= 15 is 0 Å². The second kappa shape index (κ2) is 9.07. The van der Waals surface area contributed by atoms with Crippen LogP contribution in [-0.4, -0.2) is 25.2 Å². The summed E-state index contributed by atoms with van der Waals surface area (Å²) in [6.07, 6.45) is -5.46. The molecule has 3 rings (SSSR count). The summed E-state index contributed by atoms with van der Waals surface area (Å²) in [6, 6.07) is 9.53. The standard InChI is InChI=1S/C21H19F4NO4S2/c1-13-15-5-2-3-6-18(15)31-20(13)26(32(29,30)10-4-7-19(27)28)12-14-8-9-17(22)16(11-14)21(23,24)25/h2-3,5-6,8-9,11H,4,7,10,12H2,1H3,(H,27,28).